The lowest BCUT2D eigenvalue weighted by Crippen LogP contribution is -2.57. The lowest BCUT2D eigenvalue weighted by Gasteiger charge is -2.47. The van der Waals surface area contributed by atoms with E-state index in [1.807, 2.05) is 20.8 Å². The number of rotatable bonds is 4. The average molecular weight is 689 g/mol. The van der Waals surface area contributed by atoms with Crippen molar-refractivity contribution in [1.29, 1.82) is 0 Å². The molecule has 12 heteroatoms. The Bertz CT molecular complexity index is 1720. The van der Waals surface area contributed by atoms with Gasteiger partial charge < -0.3 is 25.0 Å². The van der Waals surface area contributed by atoms with Gasteiger partial charge in [-0.15, -0.1) is 0 Å². The summed E-state index contributed by atoms with van der Waals surface area (Å²) in [6, 6.07) is 13.7. The molecule has 3 aliphatic heterocycles. The predicted molar refractivity (Wildman–Crippen MR) is 174 cm³/mol. The van der Waals surface area contributed by atoms with Gasteiger partial charge in [-0.05, 0) is 68.3 Å². The van der Waals surface area contributed by atoms with Crippen LogP contribution in [0.25, 0.3) is 0 Å². The molecule has 3 aromatic rings. The standard InChI is InChI=1S/C34H33Cl3FN3O5/c1-33(2,3)46-32(44)41-13-11-21(12-14-41)45-26-10-9-24(37)29(38)28(26)30-34(22-8-7-20(36)16-25(22)39-31(34)43)23(17-27(42)40-30)18-5-4-6-19(35)15-18/h4-10,15-16,21,23,30H,11-14,17H2,1-3H3,(H,39,43)(H,40,42)/t23-,30-,34-/m0/s1. The molecule has 2 saturated heterocycles. The topological polar surface area (TPSA) is 97.0 Å². The number of nitrogens with one attached hydrogen (secondary N) is 2. The van der Waals surface area contributed by atoms with Gasteiger partial charge in [-0.2, -0.15) is 0 Å². The first-order chi connectivity index (χ1) is 21.8. The van der Waals surface area contributed by atoms with Crippen molar-refractivity contribution in [1.82, 2.24) is 10.2 Å². The first-order valence-corrected chi connectivity index (χ1v) is 16.2. The summed E-state index contributed by atoms with van der Waals surface area (Å²) in [7, 11) is 0. The van der Waals surface area contributed by atoms with Crippen LogP contribution < -0.4 is 15.4 Å². The second-order valence-electron chi connectivity index (χ2n) is 12.9. The number of fused-ring (bicyclic) bond motifs is 2. The molecule has 242 valence electrons. The van der Waals surface area contributed by atoms with Crippen LogP contribution in [0.5, 0.6) is 5.75 Å². The molecular formula is C34H33Cl3FN3O5. The molecule has 0 radical (unpaired) electrons. The van der Waals surface area contributed by atoms with Gasteiger partial charge in [0.2, 0.25) is 11.8 Å². The van der Waals surface area contributed by atoms with Crippen molar-refractivity contribution >= 4 is 58.4 Å². The normalized spacial score (nSPS) is 23.2. The number of likely N-dealkylation sites (tertiary alicyclic amines) is 1. The molecule has 0 saturated carbocycles. The van der Waals surface area contributed by atoms with Gasteiger partial charge in [0, 0.05) is 54.0 Å². The summed E-state index contributed by atoms with van der Waals surface area (Å²) < 4.78 is 28.4. The Morgan fingerprint density at radius 2 is 1.72 bits per heavy atom. The second-order valence-corrected chi connectivity index (χ2v) is 14.2. The summed E-state index contributed by atoms with van der Waals surface area (Å²) in [4.78, 5) is 42.1. The molecule has 46 heavy (non-hydrogen) atoms. The Kier molecular flexibility index (Phi) is 8.63. The maximum Gasteiger partial charge on any atom is 0.410 e. The van der Waals surface area contributed by atoms with Gasteiger partial charge in [0.05, 0.1) is 16.6 Å². The van der Waals surface area contributed by atoms with E-state index in [0.717, 1.165) is 0 Å². The molecule has 0 unspecified atom stereocenters. The van der Waals surface area contributed by atoms with E-state index in [4.69, 9.17) is 44.3 Å². The largest absolute Gasteiger partial charge is 0.490 e. The highest BCUT2D eigenvalue weighted by Gasteiger charge is 2.62. The summed E-state index contributed by atoms with van der Waals surface area (Å²) in [6.45, 7) is 6.18. The SMILES string of the molecule is CC(C)(C)OC(=O)N1CCC(Oc2ccc(Cl)c(F)c2[C@@H]2NC(=O)C[C@@H](c3cccc(Cl)c3)[C@]23C(=O)Nc2cc(Cl)ccc23)CC1. The Hall–Kier alpha value is -3.53. The third-order valence-corrected chi connectivity index (χ3v) is 9.53. The first kappa shape index (κ1) is 32.4. The van der Waals surface area contributed by atoms with E-state index in [1.165, 1.54) is 6.07 Å². The van der Waals surface area contributed by atoms with Gasteiger partial charge in [0.15, 0.2) is 5.82 Å². The molecule has 3 atom stereocenters. The second kappa shape index (κ2) is 12.2. The van der Waals surface area contributed by atoms with Crippen molar-refractivity contribution in [2.45, 2.75) is 69.1 Å². The van der Waals surface area contributed by atoms with E-state index in [-0.39, 0.29) is 34.8 Å². The van der Waals surface area contributed by atoms with Crippen LogP contribution in [-0.4, -0.2) is 47.6 Å². The van der Waals surface area contributed by atoms with Gasteiger partial charge in [-0.1, -0.05) is 53.0 Å². The Morgan fingerprint density at radius 1 is 1.00 bits per heavy atom. The van der Waals surface area contributed by atoms with Crippen LogP contribution in [0.4, 0.5) is 14.9 Å². The van der Waals surface area contributed by atoms with E-state index in [0.29, 0.717) is 52.8 Å². The molecule has 3 aliphatic rings. The highest BCUT2D eigenvalue weighted by Crippen LogP contribution is 2.59. The average Bonchev–Trinajstić information content (AvgIpc) is 3.26. The number of carbonyl (C=O) groups is 3. The molecule has 8 nitrogen and oxygen atoms in total. The van der Waals surface area contributed by atoms with Crippen LogP contribution in [0.2, 0.25) is 15.1 Å². The Balaban J connectivity index is 1.43. The number of hydrogen-bond donors (Lipinski definition) is 2. The van der Waals surface area contributed by atoms with Crippen molar-refractivity contribution in [3.8, 4) is 5.75 Å². The molecule has 3 amide bonds. The monoisotopic (exact) mass is 687 g/mol. The minimum absolute atomic E-state index is 0.0416. The van der Waals surface area contributed by atoms with E-state index >= 15 is 4.39 Å². The molecule has 3 aromatic carbocycles. The van der Waals surface area contributed by atoms with Gasteiger partial charge in [0.25, 0.3) is 0 Å². The summed E-state index contributed by atoms with van der Waals surface area (Å²) in [5.74, 6) is -2.22. The van der Waals surface area contributed by atoms with Crippen molar-refractivity contribution in [2.75, 3.05) is 18.4 Å². The third-order valence-electron chi connectivity index (χ3n) is 8.77. The van der Waals surface area contributed by atoms with Gasteiger partial charge >= 0.3 is 6.09 Å². The van der Waals surface area contributed by atoms with Crippen molar-refractivity contribution in [2.24, 2.45) is 0 Å². The van der Waals surface area contributed by atoms with Crippen LogP contribution in [0, 0.1) is 5.82 Å². The molecule has 0 bridgehead atoms. The maximum absolute atomic E-state index is 16.4. The minimum Gasteiger partial charge on any atom is -0.490 e. The van der Waals surface area contributed by atoms with Crippen LogP contribution in [0.1, 0.15) is 68.7 Å². The quantitative estimate of drug-likeness (QED) is 0.292. The fraction of sp³-hybridized carbons (Fsp3) is 0.382. The zero-order chi connectivity index (χ0) is 33.0. The van der Waals surface area contributed by atoms with Gasteiger partial charge in [-0.25, -0.2) is 9.18 Å². The number of amides is 3. The van der Waals surface area contributed by atoms with E-state index in [9.17, 15) is 14.4 Å². The maximum atomic E-state index is 16.4. The van der Waals surface area contributed by atoms with Crippen LogP contribution in [-0.2, 0) is 19.7 Å². The number of anilines is 1. The number of hydrogen-bond acceptors (Lipinski definition) is 5. The smallest absolute Gasteiger partial charge is 0.410 e. The zero-order valence-corrected chi connectivity index (χ0v) is 27.7. The van der Waals surface area contributed by atoms with E-state index < -0.39 is 40.8 Å². The molecule has 0 aromatic heterocycles. The van der Waals surface area contributed by atoms with Crippen LogP contribution >= 0.6 is 34.8 Å². The van der Waals surface area contributed by atoms with E-state index in [1.54, 1.807) is 53.4 Å². The number of ether oxygens (including phenoxy) is 2. The van der Waals surface area contributed by atoms with Crippen LogP contribution in [0.3, 0.4) is 0 Å². The van der Waals surface area contributed by atoms with Gasteiger partial charge in [0.1, 0.15) is 22.9 Å². The van der Waals surface area contributed by atoms with Crippen molar-refractivity contribution < 1.29 is 28.2 Å². The molecule has 1 spiro atoms. The fourth-order valence-corrected chi connectivity index (χ4v) is 7.36. The van der Waals surface area contributed by atoms with Crippen LogP contribution in [0.15, 0.2) is 54.6 Å². The molecule has 3 heterocycles. The molecule has 0 aliphatic carbocycles. The molecule has 2 N–H and O–H groups in total. The number of benzene rings is 3. The summed E-state index contributed by atoms with van der Waals surface area (Å²) >= 11 is 19.1. The minimum atomic E-state index is -1.53. The summed E-state index contributed by atoms with van der Waals surface area (Å²) in [5.41, 5.74) is -0.537. The highest BCUT2D eigenvalue weighted by molar-refractivity contribution is 6.31. The molecule has 6 rings (SSSR count). The predicted octanol–water partition coefficient (Wildman–Crippen LogP) is 7.80. The van der Waals surface area contributed by atoms with Crippen molar-refractivity contribution in [3.05, 3.63) is 92.2 Å². The van der Waals surface area contributed by atoms with Gasteiger partial charge in [-0.3, -0.25) is 9.59 Å². The number of nitrogens with zero attached hydrogens (tertiary/aromatic N) is 1. The van der Waals surface area contributed by atoms with E-state index in [2.05, 4.69) is 10.6 Å². The fourth-order valence-electron chi connectivity index (χ4n) is 6.83. The molecular weight excluding hydrogens is 656 g/mol. The highest BCUT2D eigenvalue weighted by atomic mass is 35.5. The number of carbonyl (C=O) groups excluding carboxylic acids is 3. The zero-order valence-electron chi connectivity index (χ0n) is 25.5. The lowest BCUT2D eigenvalue weighted by atomic mass is 9.59. The Morgan fingerprint density at radius 3 is 2.41 bits per heavy atom. The number of halogens is 4. The summed E-state index contributed by atoms with van der Waals surface area (Å²) in [5, 5.41) is 6.53. The molecule has 2 fully saturated rings. The Labute approximate surface area is 281 Å². The third kappa shape index (κ3) is 5.89. The van der Waals surface area contributed by atoms with Crippen molar-refractivity contribution in [3.63, 3.8) is 0 Å². The summed E-state index contributed by atoms with van der Waals surface area (Å²) in [6.07, 6.45) is 0.0545. The first-order valence-electron chi connectivity index (χ1n) is 15.1. The number of piperidine rings is 2. The lowest BCUT2D eigenvalue weighted by molar-refractivity contribution is -0.131.